The molecule has 11 heteroatoms. The molecule has 0 fully saturated rings. The summed E-state index contributed by atoms with van der Waals surface area (Å²) in [5.74, 6) is -0.857. The van der Waals surface area contributed by atoms with Crippen LogP contribution in [-0.4, -0.2) is 65.7 Å². The van der Waals surface area contributed by atoms with Crippen molar-refractivity contribution >= 4 is 30.1 Å². The Balaban J connectivity index is 1.46. The van der Waals surface area contributed by atoms with Gasteiger partial charge >= 0.3 is 23.9 Å². The molecule has 0 saturated heterocycles. The van der Waals surface area contributed by atoms with Crippen LogP contribution in [0.3, 0.4) is 0 Å². The molecule has 11 nitrogen and oxygen atoms in total. The first kappa shape index (κ1) is 44.7. The zero-order valence-electron chi connectivity index (χ0n) is 33.8. The van der Waals surface area contributed by atoms with Crippen LogP contribution in [0, 0.1) is 5.41 Å². The first-order valence-corrected chi connectivity index (χ1v) is 18.4. The van der Waals surface area contributed by atoms with E-state index in [-0.39, 0.29) is 13.2 Å². The van der Waals surface area contributed by atoms with Gasteiger partial charge in [-0.3, -0.25) is 0 Å². The molecule has 0 aliphatic carbocycles. The lowest BCUT2D eigenvalue weighted by atomic mass is 9.92. The van der Waals surface area contributed by atoms with Crippen molar-refractivity contribution < 1.29 is 47.6 Å². The fourth-order valence-corrected chi connectivity index (χ4v) is 6.62. The third kappa shape index (κ3) is 14.8. The van der Waals surface area contributed by atoms with Gasteiger partial charge in [-0.15, -0.1) is 0 Å². The summed E-state index contributed by atoms with van der Waals surface area (Å²) in [6.07, 6.45) is 5.19. The van der Waals surface area contributed by atoms with Crippen molar-refractivity contribution in [3.05, 3.63) is 120 Å². The van der Waals surface area contributed by atoms with E-state index in [9.17, 15) is 19.2 Å². The SMILES string of the molecule is C=CC(=O)OC(C)(C)CC(C)(C)Oc1ccc(C(=O)OCCc2ccc(CCOC(=O)c3ccc(OC(C)(C)CC(C)(C)OC(=O)C=C)cc3)c(C=N)c2)cc1. The summed E-state index contributed by atoms with van der Waals surface area (Å²) in [5.41, 5.74) is 0.253. The molecule has 0 amide bonds. The van der Waals surface area contributed by atoms with E-state index < -0.39 is 46.3 Å². The first-order chi connectivity index (χ1) is 26.1. The lowest BCUT2D eigenvalue weighted by Gasteiger charge is -2.34. The van der Waals surface area contributed by atoms with Gasteiger partial charge in [0.05, 0.1) is 24.3 Å². The molecule has 0 aliphatic heterocycles. The van der Waals surface area contributed by atoms with E-state index in [1.54, 1.807) is 76.2 Å². The van der Waals surface area contributed by atoms with E-state index in [1.165, 1.54) is 6.21 Å². The minimum atomic E-state index is -0.775. The monoisotopic (exact) mass is 769 g/mol. The van der Waals surface area contributed by atoms with E-state index in [0.717, 1.165) is 23.3 Å². The van der Waals surface area contributed by atoms with Crippen LogP contribution in [0.25, 0.3) is 0 Å². The van der Waals surface area contributed by atoms with Crippen molar-refractivity contribution in [3.8, 4) is 11.5 Å². The molecular weight excluding hydrogens is 714 g/mol. The van der Waals surface area contributed by atoms with Crippen LogP contribution < -0.4 is 9.47 Å². The van der Waals surface area contributed by atoms with Gasteiger partial charge in [-0.2, -0.15) is 0 Å². The van der Waals surface area contributed by atoms with Gasteiger partial charge in [-0.1, -0.05) is 25.3 Å². The molecule has 300 valence electrons. The molecule has 56 heavy (non-hydrogen) atoms. The highest BCUT2D eigenvalue weighted by atomic mass is 16.6. The van der Waals surface area contributed by atoms with Crippen molar-refractivity contribution in [2.24, 2.45) is 0 Å². The van der Waals surface area contributed by atoms with Crippen LogP contribution in [-0.2, 0) is 41.4 Å². The average Bonchev–Trinajstić information content (AvgIpc) is 3.10. The number of rotatable bonds is 21. The summed E-state index contributed by atoms with van der Waals surface area (Å²) in [6, 6.07) is 18.9. The highest BCUT2D eigenvalue weighted by Crippen LogP contribution is 2.30. The van der Waals surface area contributed by atoms with Gasteiger partial charge in [-0.25, -0.2) is 19.2 Å². The zero-order valence-corrected chi connectivity index (χ0v) is 33.8. The quantitative estimate of drug-likeness (QED) is 0.0484. The van der Waals surface area contributed by atoms with Crippen molar-refractivity contribution in [1.29, 1.82) is 5.41 Å². The maximum atomic E-state index is 12.8. The molecule has 0 aliphatic rings. The van der Waals surface area contributed by atoms with Gasteiger partial charge in [0.1, 0.15) is 33.9 Å². The first-order valence-electron chi connectivity index (χ1n) is 18.4. The van der Waals surface area contributed by atoms with Gasteiger partial charge in [0.2, 0.25) is 0 Å². The largest absolute Gasteiger partial charge is 0.488 e. The number of benzene rings is 3. The predicted octanol–water partition coefficient (Wildman–Crippen LogP) is 8.59. The summed E-state index contributed by atoms with van der Waals surface area (Å²) < 4.78 is 34.1. The van der Waals surface area contributed by atoms with Crippen molar-refractivity contribution in [1.82, 2.24) is 0 Å². The highest BCUT2D eigenvalue weighted by molar-refractivity contribution is 5.90. The average molecular weight is 770 g/mol. The Morgan fingerprint density at radius 2 is 1.00 bits per heavy atom. The zero-order chi connectivity index (χ0) is 41.7. The Labute approximate surface area is 330 Å². The number of nitrogens with one attached hydrogen (secondary N) is 1. The second-order valence-corrected chi connectivity index (χ2v) is 15.8. The van der Waals surface area contributed by atoms with Crippen LogP contribution in [0.2, 0.25) is 0 Å². The second-order valence-electron chi connectivity index (χ2n) is 15.8. The standard InChI is InChI=1S/C45H55NO10/c1-11-38(47)55-44(7,8)29-42(3,4)53-36-19-15-33(16-20-36)40(49)51-25-23-31-13-14-32(35(27-31)28-46)24-26-52-41(50)34-17-21-37(22-18-34)54-43(5,6)30-45(9,10)56-39(48)12-2/h11-22,27-28,46H,1-2,23-26,29-30H2,3-10H3. The molecule has 0 bridgehead atoms. The molecule has 3 aromatic rings. The van der Waals surface area contributed by atoms with Crippen molar-refractivity contribution in [2.75, 3.05) is 13.2 Å². The lowest BCUT2D eigenvalue weighted by molar-refractivity contribution is -0.155. The number of carbonyl (C=O) groups excluding carboxylic acids is 4. The highest BCUT2D eigenvalue weighted by Gasteiger charge is 2.34. The molecule has 1 N–H and O–H groups in total. The molecule has 0 radical (unpaired) electrons. The number of carbonyl (C=O) groups is 4. The summed E-state index contributed by atoms with van der Waals surface area (Å²) in [6.45, 7) is 21.9. The Morgan fingerprint density at radius 1 is 0.589 bits per heavy atom. The van der Waals surface area contributed by atoms with Gasteiger partial charge in [0.15, 0.2) is 0 Å². The van der Waals surface area contributed by atoms with Gasteiger partial charge in [-0.05, 0) is 127 Å². The van der Waals surface area contributed by atoms with Crippen molar-refractivity contribution in [2.45, 2.75) is 103 Å². The van der Waals surface area contributed by atoms with E-state index in [1.807, 2.05) is 45.9 Å². The predicted molar refractivity (Wildman–Crippen MR) is 215 cm³/mol. The minimum Gasteiger partial charge on any atom is -0.488 e. The van der Waals surface area contributed by atoms with E-state index in [4.69, 9.17) is 33.8 Å². The molecular formula is C45H55NO10. The Hall–Kier alpha value is -5.71. The van der Waals surface area contributed by atoms with E-state index in [0.29, 0.717) is 53.9 Å². The van der Waals surface area contributed by atoms with Crippen LogP contribution in [0.1, 0.15) is 106 Å². The fraction of sp³-hybridized carbons (Fsp3) is 0.400. The van der Waals surface area contributed by atoms with Crippen LogP contribution in [0.4, 0.5) is 0 Å². The molecule has 0 aromatic heterocycles. The topological polar surface area (TPSA) is 148 Å². The Kier molecular flexibility index (Phi) is 15.4. The van der Waals surface area contributed by atoms with Gasteiger partial charge < -0.3 is 33.8 Å². The third-order valence-electron chi connectivity index (χ3n) is 8.35. The smallest absolute Gasteiger partial charge is 0.338 e. The maximum absolute atomic E-state index is 12.8. The molecule has 0 saturated carbocycles. The third-order valence-corrected chi connectivity index (χ3v) is 8.35. The minimum absolute atomic E-state index is 0.116. The number of ether oxygens (including phenoxy) is 6. The van der Waals surface area contributed by atoms with E-state index in [2.05, 4.69) is 13.2 Å². The van der Waals surface area contributed by atoms with Crippen molar-refractivity contribution in [3.63, 3.8) is 0 Å². The Morgan fingerprint density at radius 3 is 1.39 bits per heavy atom. The number of hydrogen-bond acceptors (Lipinski definition) is 11. The second kappa shape index (κ2) is 19.2. The molecule has 3 aromatic carbocycles. The van der Waals surface area contributed by atoms with Gasteiger partial charge in [0, 0.05) is 44.0 Å². The van der Waals surface area contributed by atoms with E-state index >= 15 is 0 Å². The summed E-state index contributed by atoms with van der Waals surface area (Å²) in [7, 11) is 0. The summed E-state index contributed by atoms with van der Waals surface area (Å²) in [5, 5.41) is 7.92. The molecule has 0 heterocycles. The summed E-state index contributed by atoms with van der Waals surface area (Å²) >= 11 is 0. The number of esters is 4. The van der Waals surface area contributed by atoms with Gasteiger partial charge in [0.25, 0.3) is 0 Å². The lowest BCUT2D eigenvalue weighted by Crippen LogP contribution is -2.40. The molecule has 0 spiro atoms. The number of hydrogen-bond donors (Lipinski definition) is 1. The van der Waals surface area contributed by atoms with Crippen LogP contribution in [0.5, 0.6) is 11.5 Å². The Bertz CT molecular complexity index is 1870. The van der Waals surface area contributed by atoms with Crippen LogP contribution in [0.15, 0.2) is 92.0 Å². The van der Waals surface area contributed by atoms with Crippen LogP contribution >= 0.6 is 0 Å². The molecule has 0 unspecified atom stereocenters. The molecule has 0 atom stereocenters. The molecule has 3 rings (SSSR count). The maximum Gasteiger partial charge on any atom is 0.338 e. The summed E-state index contributed by atoms with van der Waals surface area (Å²) in [4.78, 5) is 48.9. The normalized spacial score (nSPS) is 11.8. The fourth-order valence-electron chi connectivity index (χ4n) is 6.62.